The second kappa shape index (κ2) is 5.32. The quantitative estimate of drug-likeness (QED) is 0.883. The van der Waals surface area contributed by atoms with Crippen molar-refractivity contribution in [3.05, 3.63) is 10.6 Å². The van der Waals surface area contributed by atoms with E-state index < -0.39 is 0 Å². The first-order valence-electron chi connectivity index (χ1n) is 6.37. The normalized spacial score (nSPS) is 24.6. The number of hydrogen-bond acceptors (Lipinski definition) is 5. The van der Waals surface area contributed by atoms with Crippen LogP contribution in [0.5, 0.6) is 0 Å². The zero-order chi connectivity index (χ0) is 13.3. The van der Waals surface area contributed by atoms with Crippen LogP contribution in [0.1, 0.15) is 49.0 Å². The van der Waals surface area contributed by atoms with E-state index in [9.17, 15) is 4.79 Å². The van der Waals surface area contributed by atoms with Gasteiger partial charge in [-0.2, -0.15) is 0 Å². The van der Waals surface area contributed by atoms with Crippen molar-refractivity contribution in [2.24, 2.45) is 0 Å². The molecule has 1 fully saturated rings. The number of nitrogens with one attached hydrogen (secondary N) is 1. The third-order valence-corrected chi connectivity index (χ3v) is 4.01. The van der Waals surface area contributed by atoms with Gasteiger partial charge in [-0.1, -0.05) is 18.3 Å². The molecule has 0 saturated carbocycles. The highest BCUT2D eigenvalue weighted by Crippen LogP contribution is 2.23. The summed E-state index contributed by atoms with van der Waals surface area (Å²) in [6.45, 7) is 9.83. The van der Waals surface area contributed by atoms with Crippen molar-refractivity contribution in [3.63, 3.8) is 0 Å². The predicted octanol–water partition coefficient (Wildman–Crippen LogP) is 1.48. The Bertz CT molecular complexity index is 431. The van der Waals surface area contributed by atoms with Gasteiger partial charge in [0.1, 0.15) is 4.88 Å². The summed E-state index contributed by atoms with van der Waals surface area (Å²) in [5.74, 6) is 0.313. The summed E-state index contributed by atoms with van der Waals surface area (Å²) in [4.78, 5) is 15.2. The predicted molar refractivity (Wildman–Crippen MR) is 72.0 cm³/mol. The Labute approximate surface area is 112 Å². The fourth-order valence-electron chi connectivity index (χ4n) is 2.16. The third kappa shape index (κ3) is 2.54. The van der Waals surface area contributed by atoms with Crippen LogP contribution in [0.15, 0.2) is 0 Å². The van der Waals surface area contributed by atoms with Crippen LogP contribution in [0.4, 0.5) is 0 Å². The average Bonchev–Trinajstić information content (AvgIpc) is 2.80. The van der Waals surface area contributed by atoms with Crippen LogP contribution >= 0.6 is 11.5 Å². The first kappa shape index (κ1) is 13.4. The molecule has 0 radical (unpaired) electrons. The van der Waals surface area contributed by atoms with Crippen molar-refractivity contribution in [3.8, 4) is 0 Å². The first-order valence-corrected chi connectivity index (χ1v) is 7.14. The number of carbonyl (C=O) groups excluding carboxylic acids is 1. The van der Waals surface area contributed by atoms with E-state index in [1.54, 1.807) is 0 Å². The molecule has 1 saturated heterocycles. The van der Waals surface area contributed by atoms with Crippen molar-refractivity contribution < 1.29 is 4.79 Å². The molecule has 1 aromatic heterocycles. The number of nitrogens with zero attached hydrogens (tertiary/aromatic N) is 3. The van der Waals surface area contributed by atoms with Crippen molar-refractivity contribution in [2.75, 3.05) is 13.1 Å². The minimum absolute atomic E-state index is 0.0783. The average molecular weight is 268 g/mol. The van der Waals surface area contributed by atoms with Gasteiger partial charge in [0, 0.05) is 25.2 Å². The number of piperazine rings is 1. The van der Waals surface area contributed by atoms with Gasteiger partial charge in [-0.15, -0.1) is 5.10 Å². The molecule has 1 N–H and O–H groups in total. The number of carbonyl (C=O) groups is 1. The van der Waals surface area contributed by atoms with Gasteiger partial charge in [0.15, 0.2) is 0 Å². The first-order chi connectivity index (χ1) is 8.50. The molecule has 1 amide bonds. The number of hydrogen-bond donors (Lipinski definition) is 1. The monoisotopic (exact) mass is 268 g/mol. The summed E-state index contributed by atoms with van der Waals surface area (Å²) >= 11 is 1.21. The second-order valence-electron chi connectivity index (χ2n) is 5.26. The van der Waals surface area contributed by atoms with Crippen LogP contribution in [0.2, 0.25) is 0 Å². The summed E-state index contributed by atoms with van der Waals surface area (Å²) in [7, 11) is 0. The molecule has 2 atom stereocenters. The van der Waals surface area contributed by atoms with Gasteiger partial charge in [-0.05, 0) is 31.3 Å². The van der Waals surface area contributed by atoms with E-state index in [-0.39, 0.29) is 17.9 Å². The lowest BCUT2D eigenvalue weighted by Crippen LogP contribution is -2.56. The molecule has 1 aromatic rings. The largest absolute Gasteiger partial charge is 0.332 e. The van der Waals surface area contributed by atoms with Crippen molar-refractivity contribution >= 4 is 17.4 Å². The smallest absolute Gasteiger partial charge is 0.267 e. The highest BCUT2D eigenvalue weighted by Gasteiger charge is 2.30. The lowest BCUT2D eigenvalue weighted by atomic mass is 10.1. The van der Waals surface area contributed by atoms with Crippen LogP contribution in [-0.4, -0.2) is 45.6 Å². The minimum atomic E-state index is 0.0783. The van der Waals surface area contributed by atoms with E-state index in [0.29, 0.717) is 10.9 Å². The Hall–Kier alpha value is -1.01. The Morgan fingerprint density at radius 2 is 2.22 bits per heavy atom. The summed E-state index contributed by atoms with van der Waals surface area (Å²) in [5, 5.41) is 7.46. The van der Waals surface area contributed by atoms with Crippen molar-refractivity contribution in [1.29, 1.82) is 0 Å². The van der Waals surface area contributed by atoms with E-state index in [1.165, 1.54) is 11.5 Å². The van der Waals surface area contributed by atoms with Crippen LogP contribution in [-0.2, 0) is 0 Å². The molecule has 0 aromatic carbocycles. The number of amides is 1. The zero-order valence-corrected chi connectivity index (χ0v) is 12.1. The molecule has 2 unspecified atom stereocenters. The molecular weight excluding hydrogens is 248 g/mol. The van der Waals surface area contributed by atoms with E-state index in [2.05, 4.69) is 28.8 Å². The lowest BCUT2D eigenvalue weighted by molar-refractivity contribution is 0.0619. The van der Waals surface area contributed by atoms with E-state index in [0.717, 1.165) is 18.8 Å². The number of rotatable bonds is 2. The Kier molecular flexibility index (Phi) is 3.97. The summed E-state index contributed by atoms with van der Waals surface area (Å²) in [5.41, 5.74) is 0.823. The van der Waals surface area contributed by atoms with Gasteiger partial charge >= 0.3 is 0 Å². The maximum atomic E-state index is 12.6. The van der Waals surface area contributed by atoms with Crippen molar-refractivity contribution in [1.82, 2.24) is 19.8 Å². The van der Waals surface area contributed by atoms with E-state index in [1.807, 2.05) is 18.7 Å². The van der Waals surface area contributed by atoms with E-state index in [4.69, 9.17) is 0 Å². The van der Waals surface area contributed by atoms with Crippen LogP contribution < -0.4 is 5.32 Å². The summed E-state index contributed by atoms with van der Waals surface area (Å²) < 4.78 is 3.93. The molecule has 2 rings (SSSR count). The SMILES string of the molecule is CC1CN(C(=O)c2snnc2C(C)C)C(C)CN1. The molecule has 5 nitrogen and oxygen atoms in total. The van der Waals surface area contributed by atoms with Crippen LogP contribution in [0.25, 0.3) is 0 Å². The highest BCUT2D eigenvalue weighted by atomic mass is 32.1. The molecule has 6 heteroatoms. The maximum Gasteiger partial charge on any atom is 0.267 e. The molecule has 2 heterocycles. The van der Waals surface area contributed by atoms with Crippen molar-refractivity contribution in [2.45, 2.75) is 45.7 Å². The summed E-state index contributed by atoms with van der Waals surface area (Å²) in [6.07, 6.45) is 0. The molecule has 1 aliphatic heterocycles. The van der Waals surface area contributed by atoms with Gasteiger partial charge in [-0.25, -0.2) is 0 Å². The zero-order valence-electron chi connectivity index (χ0n) is 11.3. The van der Waals surface area contributed by atoms with Gasteiger partial charge in [0.2, 0.25) is 0 Å². The topological polar surface area (TPSA) is 58.1 Å². The van der Waals surface area contributed by atoms with Crippen LogP contribution in [0.3, 0.4) is 0 Å². The summed E-state index contributed by atoms with van der Waals surface area (Å²) in [6, 6.07) is 0.560. The van der Waals surface area contributed by atoms with Crippen LogP contribution in [0, 0.1) is 0 Å². The number of aromatic nitrogens is 2. The Morgan fingerprint density at radius 3 is 2.89 bits per heavy atom. The molecule has 1 aliphatic rings. The minimum Gasteiger partial charge on any atom is -0.332 e. The Balaban J connectivity index is 2.22. The Morgan fingerprint density at radius 1 is 1.50 bits per heavy atom. The maximum absolute atomic E-state index is 12.6. The fourth-order valence-corrected chi connectivity index (χ4v) is 2.93. The molecule has 18 heavy (non-hydrogen) atoms. The molecule has 0 spiro atoms. The third-order valence-electron chi connectivity index (χ3n) is 3.28. The molecule has 100 valence electrons. The lowest BCUT2D eigenvalue weighted by Gasteiger charge is -2.37. The second-order valence-corrected chi connectivity index (χ2v) is 6.01. The molecule has 0 aliphatic carbocycles. The van der Waals surface area contributed by atoms with E-state index >= 15 is 0 Å². The van der Waals surface area contributed by atoms with Gasteiger partial charge in [0.25, 0.3) is 5.91 Å². The van der Waals surface area contributed by atoms with Gasteiger partial charge in [0.05, 0.1) is 5.69 Å². The van der Waals surface area contributed by atoms with Gasteiger partial charge in [-0.3, -0.25) is 4.79 Å². The highest BCUT2D eigenvalue weighted by molar-refractivity contribution is 7.08. The van der Waals surface area contributed by atoms with Gasteiger partial charge < -0.3 is 10.2 Å². The molecular formula is C12H20N4OS. The molecule has 0 bridgehead atoms. The fraction of sp³-hybridized carbons (Fsp3) is 0.750. The standard InChI is InChI=1S/C12H20N4OS/c1-7(2)10-11(18-15-14-10)12(17)16-6-8(3)13-5-9(16)4/h7-9,13H,5-6H2,1-4H3.